The average Bonchev–Trinajstić information content (AvgIpc) is 3.43. The lowest BCUT2D eigenvalue weighted by Crippen LogP contribution is -2.51. The Morgan fingerprint density at radius 1 is 0.875 bits per heavy atom. The van der Waals surface area contributed by atoms with Crippen LogP contribution in [-0.4, -0.2) is 29.4 Å². The zero-order valence-electron chi connectivity index (χ0n) is 23.5. The number of rotatable bonds is 5. The molecular weight excluding hydrogens is 496 g/mol. The molecule has 0 bridgehead atoms. The van der Waals surface area contributed by atoms with Gasteiger partial charge < -0.3 is 20.9 Å². The number of nitrogens with zero attached hydrogens (tertiary/aromatic N) is 1. The van der Waals surface area contributed by atoms with Crippen LogP contribution in [0.1, 0.15) is 80.6 Å². The predicted octanol–water partition coefficient (Wildman–Crippen LogP) is 7.25. The van der Waals surface area contributed by atoms with Crippen molar-refractivity contribution in [3.8, 4) is 0 Å². The molecule has 0 radical (unpaired) electrons. The Hall–Kier alpha value is -3.80. The summed E-state index contributed by atoms with van der Waals surface area (Å²) in [5.41, 5.74) is 5.58. The Labute approximate surface area is 237 Å². The van der Waals surface area contributed by atoms with E-state index in [2.05, 4.69) is 101 Å². The molecule has 3 N–H and O–H groups in total. The van der Waals surface area contributed by atoms with E-state index in [0.29, 0.717) is 11.8 Å². The number of amides is 3. The van der Waals surface area contributed by atoms with E-state index in [1.165, 1.54) is 16.7 Å². The maximum absolute atomic E-state index is 14.3. The highest BCUT2D eigenvalue weighted by Gasteiger charge is 2.48. The van der Waals surface area contributed by atoms with Gasteiger partial charge in [0.25, 0.3) is 0 Å². The second-order valence-corrected chi connectivity index (χ2v) is 11.9. The summed E-state index contributed by atoms with van der Waals surface area (Å²) in [4.78, 5) is 29.5. The number of likely N-dealkylation sites (tertiary alicyclic amines) is 1. The van der Waals surface area contributed by atoms with Crippen molar-refractivity contribution >= 4 is 23.3 Å². The summed E-state index contributed by atoms with van der Waals surface area (Å²) < 4.78 is 0. The van der Waals surface area contributed by atoms with Crippen LogP contribution in [0.3, 0.4) is 0 Å². The van der Waals surface area contributed by atoms with E-state index < -0.39 is 0 Å². The first-order valence-corrected chi connectivity index (χ1v) is 14.9. The van der Waals surface area contributed by atoms with E-state index in [1.54, 1.807) is 0 Å². The van der Waals surface area contributed by atoms with Gasteiger partial charge in [0.05, 0.1) is 18.0 Å². The first kappa shape index (κ1) is 26.4. The average molecular weight is 537 g/mol. The van der Waals surface area contributed by atoms with Crippen LogP contribution in [0, 0.1) is 11.8 Å². The van der Waals surface area contributed by atoms with Gasteiger partial charge in [0.1, 0.15) is 0 Å². The van der Waals surface area contributed by atoms with E-state index in [9.17, 15) is 9.59 Å². The number of fused-ring (bicyclic) bond motifs is 3. The summed E-state index contributed by atoms with van der Waals surface area (Å²) in [6.07, 6.45) is 4.62. The lowest BCUT2D eigenvalue weighted by molar-refractivity contribution is -0.138. The van der Waals surface area contributed by atoms with Gasteiger partial charge in [0.15, 0.2) is 0 Å². The van der Waals surface area contributed by atoms with Crippen LogP contribution in [-0.2, 0) is 4.79 Å². The van der Waals surface area contributed by atoms with Gasteiger partial charge in [-0.05, 0) is 60.1 Å². The number of hydrogen-bond donors (Lipinski definition) is 3. The molecule has 5 atom stereocenters. The predicted molar refractivity (Wildman–Crippen MR) is 160 cm³/mol. The van der Waals surface area contributed by atoms with Crippen molar-refractivity contribution in [3.63, 3.8) is 0 Å². The van der Waals surface area contributed by atoms with Crippen molar-refractivity contribution in [2.75, 3.05) is 17.2 Å². The largest absolute Gasteiger partial charge is 0.378 e. The first-order chi connectivity index (χ1) is 19.5. The zero-order chi connectivity index (χ0) is 27.6. The normalized spacial score (nSPS) is 25.5. The quantitative estimate of drug-likeness (QED) is 0.322. The number of benzene rings is 3. The summed E-state index contributed by atoms with van der Waals surface area (Å²) in [6, 6.07) is 26.8. The van der Waals surface area contributed by atoms with E-state index in [4.69, 9.17) is 0 Å². The second kappa shape index (κ2) is 11.4. The molecule has 1 saturated carbocycles. The Bertz CT molecular complexity index is 1340. The molecule has 3 amide bonds. The van der Waals surface area contributed by atoms with Gasteiger partial charge >= 0.3 is 6.03 Å². The fraction of sp³-hybridized carbons (Fsp3) is 0.412. The van der Waals surface area contributed by atoms with Crippen molar-refractivity contribution in [2.24, 2.45) is 11.8 Å². The van der Waals surface area contributed by atoms with Gasteiger partial charge in [0, 0.05) is 29.9 Å². The minimum absolute atomic E-state index is 0.0334. The molecule has 208 valence electrons. The van der Waals surface area contributed by atoms with E-state index in [-0.39, 0.29) is 36.0 Å². The lowest BCUT2D eigenvalue weighted by Gasteiger charge is -2.42. The van der Waals surface area contributed by atoms with Gasteiger partial charge in [-0.15, -0.1) is 0 Å². The van der Waals surface area contributed by atoms with Crippen LogP contribution in [0.5, 0.6) is 0 Å². The van der Waals surface area contributed by atoms with Crippen LogP contribution < -0.4 is 16.0 Å². The van der Waals surface area contributed by atoms with Crippen molar-refractivity contribution in [1.82, 2.24) is 10.2 Å². The minimum atomic E-state index is -0.238. The fourth-order valence-electron chi connectivity index (χ4n) is 7.06. The molecule has 0 spiro atoms. The van der Waals surface area contributed by atoms with Gasteiger partial charge in [-0.25, -0.2) is 4.79 Å². The molecule has 1 aliphatic carbocycles. The topological polar surface area (TPSA) is 73.5 Å². The molecule has 6 heteroatoms. The molecule has 6 rings (SSSR count). The Morgan fingerprint density at radius 3 is 2.38 bits per heavy atom. The van der Waals surface area contributed by atoms with Crippen LogP contribution >= 0.6 is 0 Å². The summed E-state index contributed by atoms with van der Waals surface area (Å²) in [7, 11) is 0. The van der Waals surface area contributed by atoms with E-state index >= 15 is 0 Å². The van der Waals surface area contributed by atoms with E-state index in [0.717, 1.165) is 50.0 Å². The monoisotopic (exact) mass is 536 g/mol. The van der Waals surface area contributed by atoms with Gasteiger partial charge in [-0.1, -0.05) is 87.4 Å². The van der Waals surface area contributed by atoms with Gasteiger partial charge in [-0.3, -0.25) is 4.79 Å². The third-order valence-corrected chi connectivity index (χ3v) is 9.14. The highest BCUT2D eigenvalue weighted by atomic mass is 16.2. The lowest BCUT2D eigenvalue weighted by atomic mass is 9.79. The fourth-order valence-corrected chi connectivity index (χ4v) is 7.06. The number of nitrogens with one attached hydrogen (secondary N) is 3. The molecule has 6 nitrogen and oxygen atoms in total. The summed E-state index contributed by atoms with van der Waals surface area (Å²) >= 11 is 0. The Balaban J connectivity index is 1.20. The molecule has 0 unspecified atom stereocenters. The van der Waals surface area contributed by atoms with Crippen molar-refractivity contribution < 1.29 is 9.59 Å². The number of anilines is 2. The molecule has 1 saturated heterocycles. The number of para-hydroxylation sites is 1. The molecule has 3 aliphatic rings. The SMILES string of the molecule is CC(C)c1ccc(NC(=O)N[C@@H]2CCCC[C@@H]2C(=O)N2CC[C@@H]3[C@H](c4ccccc4)Nc4ccccc4[C@@H]32)cc1. The molecule has 2 fully saturated rings. The standard InChI is InChI=1S/C34H40N4O2/c1-22(2)23-16-18-25(19-17-23)35-34(40)37-30-15-9-7-13-27(30)33(39)38-21-20-28-31(24-10-4-3-5-11-24)36-29-14-8-6-12-26(29)32(28)38/h3-6,8,10-12,14,16-19,22,27-28,30-32,36H,7,9,13,15,20-21H2,1-2H3,(H2,35,37,40)/t27-,28+,30+,31-,32-/m0/s1. The summed E-state index contributed by atoms with van der Waals surface area (Å²) in [5, 5.41) is 9.95. The molecule has 3 aromatic rings. The van der Waals surface area contributed by atoms with Crippen molar-refractivity contribution in [3.05, 3.63) is 95.6 Å². The van der Waals surface area contributed by atoms with Crippen LogP contribution in [0.15, 0.2) is 78.9 Å². The molecule has 2 heterocycles. The van der Waals surface area contributed by atoms with Crippen molar-refractivity contribution in [2.45, 2.75) is 70.0 Å². The Kier molecular flexibility index (Phi) is 7.50. The molecule has 2 aliphatic heterocycles. The van der Waals surface area contributed by atoms with Gasteiger partial charge in [0.2, 0.25) is 5.91 Å². The van der Waals surface area contributed by atoms with E-state index in [1.807, 2.05) is 12.1 Å². The molecule has 3 aromatic carbocycles. The summed E-state index contributed by atoms with van der Waals surface area (Å²) in [5.74, 6) is 0.714. The second-order valence-electron chi connectivity index (χ2n) is 11.9. The number of urea groups is 1. The van der Waals surface area contributed by atoms with Crippen LogP contribution in [0.25, 0.3) is 0 Å². The Morgan fingerprint density at radius 2 is 1.60 bits per heavy atom. The maximum Gasteiger partial charge on any atom is 0.319 e. The number of hydrogen-bond acceptors (Lipinski definition) is 3. The van der Waals surface area contributed by atoms with Crippen LogP contribution in [0.4, 0.5) is 16.2 Å². The third-order valence-electron chi connectivity index (χ3n) is 9.14. The highest BCUT2D eigenvalue weighted by Crippen LogP contribution is 2.51. The minimum Gasteiger partial charge on any atom is -0.378 e. The smallest absolute Gasteiger partial charge is 0.319 e. The van der Waals surface area contributed by atoms with Gasteiger partial charge in [-0.2, -0.15) is 0 Å². The maximum atomic E-state index is 14.3. The zero-order valence-corrected chi connectivity index (χ0v) is 23.5. The summed E-state index contributed by atoms with van der Waals surface area (Å²) in [6.45, 7) is 5.05. The number of carbonyl (C=O) groups excluding carboxylic acids is 2. The number of carbonyl (C=O) groups is 2. The van der Waals surface area contributed by atoms with Crippen molar-refractivity contribution in [1.29, 1.82) is 0 Å². The van der Waals surface area contributed by atoms with Crippen LogP contribution in [0.2, 0.25) is 0 Å². The third kappa shape index (κ3) is 5.19. The molecule has 40 heavy (non-hydrogen) atoms. The molecular formula is C34H40N4O2. The molecule has 0 aromatic heterocycles. The highest BCUT2D eigenvalue weighted by molar-refractivity contribution is 5.90. The first-order valence-electron chi connectivity index (χ1n) is 14.9.